The predicted octanol–water partition coefficient (Wildman–Crippen LogP) is 4.58. The van der Waals surface area contributed by atoms with Gasteiger partial charge in [0.15, 0.2) is 0 Å². The molecule has 110 valence electrons. The summed E-state index contributed by atoms with van der Waals surface area (Å²) in [5, 5.41) is 14.8. The van der Waals surface area contributed by atoms with Crippen molar-refractivity contribution < 1.29 is 4.92 Å². The number of halogens is 3. The van der Waals surface area contributed by atoms with Crippen LogP contribution in [0.25, 0.3) is 0 Å². The van der Waals surface area contributed by atoms with Gasteiger partial charge in [-0.3, -0.25) is 16.0 Å². The van der Waals surface area contributed by atoms with Crippen LogP contribution in [0.5, 0.6) is 0 Å². The number of hydrazine groups is 1. The van der Waals surface area contributed by atoms with E-state index >= 15 is 0 Å². The van der Waals surface area contributed by atoms with E-state index in [1.165, 1.54) is 24.3 Å². The van der Waals surface area contributed by atoms with E-state index < -0.39 is 4.92 Å². The predicted molar refractivity (Wildman–Crippen MR) is 85.7 cm³/mol. The second-order valence-electron chi connectivity index (χ2n) is 4.04. The number of anilines is 3. The molecule has 0 bridgehead atoms. The zero-order chi connectivity index (χ0) is 15.6. The molecule has 0 radical (unpaired) electrons. The van der Waals surface area contributed by atoms with Crippen molar-refractivity contribution in [1.82, 2.24) is 0 Å². The molecule has 9 heteroatoms. The number of nitrogens with one attached hydrogen (secondary N) is 2. The first-order valence-electron chi connectivity index (χ1n) is 5.58. The molecule has 0 aliphatic carbocycles. The van der Waals surface area contributed by atoms with E-state index in [0.29, 0.717) is 32.1 Å². The fourth-order valence-electron chi connectivity index (χ4n) is 1.65. The summed E-state index contributed by atoms with van der Waals surface area (Å²) < 4.78 is 0. The van der Waals surface area contributed by atoms with Crippen molar-refractivity contribution in [2.75, 3.05) is 10.7 Å². The van der Waals surface area contributed by atoms with Gasteiger partial charge in [-0.15, -0.1) is 0 Å². The lowest BCUT2D eigenvalue weighted by Gasteiger charge is -2.11. The Labute approximate surface area is 134 Å². The molecule has 0 aromatic heterocycles. The van der Waals surface area contributed by atoms with Crippen molar-refractivity contribution >= 4 is 57.6 Å². The van der Waals surface area contributed by atoms with Crippen LogP contribution in [-0.4, -0.2) is 4.92 Å². The molecule has 0 saturated carbocycles. The SMILES string of the molecule is NNc1cc(Nc2cc(Cl)c(Cl)cc2Cl)cc([N+](=O)[O-])c1. The summed E-state index contributed by atoms with van der Waals surface area (Å²) in [6.07, 6.45) is 0. The Balaban J connectivity index is 2.41. The molecule has 0 amide bonds. The first kappa shape index (κ1) is 15.7. The van der Waals surface area contributed by atoms with Gasteiger partial charge in [0.1, 0.15) is 0 Å². The molecule has 2 aromatic rings. The maximum atomic E-state index is 10.9. The minimum absolute atomic E-state index is 0.121. The number of hydrogen-bond acceptors (Lipinski definition) is 5. The molecule has 0 aliphatic heterocycles. The van der Waals surface area contributed by atoms with E-state index in [2.05, 4.69) is 10.7 Å². The Morgan fingerprint density at radius 2 is 1.57 bits per heavy atom. The number of nitrogens with two attached hydrogens (primary N) is 1. The molecule has 0 saturated heterocycles. The molecule has 2 aromatic carbocycles. The van der Waals surface area contributed by atoms with Crippen LogP contribution < -0.4 is 16.6 Å². The summed E-state index contributed by atoms with van der Waals surface area (Å²) in [7, 11) is 0. The van der Waals surface area contributed by atoms with E-state index in [0.717, 1.165) is 0 Å². The molecule has 0 spiro atoms. The van der Waals surface area contributed by atoms with Crippen LogP contribution in [0.4, 0.5) is 22.7 Å². The van der Waals surface area contributed by atoms with Gasteiger partial charge in [-0.1, -0.05) is 34.8 Å². The number of nitrogens with zero attached hydrogens (tertiary/aromatic N) is 1. The standard InChI is InChI=1S/C12H9Cl3N4O2/c13-9-4-11(15)12(5-10(9)14)17-6-1-7(18-16)3-8(2-6)19(20)21/h1-5,17-18H,16H2. The molecule has 6 nitrogen and oxygen atoms in total. The minimum Gasteiger partial charge on any atom is -0.354 e. The number of nitro groups is 1. The number of benzene rings is 2. The molecular weight excluding hydrogens is 339 g/mol. The number of non-ortho nitro benzene ring substituents is 1. The lowest BCUT2D eigenvalue weighted by Crippen LogP contribution is -2.07. The number of hydrogen-bond donors (Lipinski definition) is 3. The summed E-state index contributed by atoms with van der Waals surface area (Å²) in [5.41, 5.74) is 3.51. The van der Waals surface area contributed by atoms with Gasteiger partial charge in [-0.25, -0.2) is 0 Å². The smallest absolute Gasteiger partial charge is 0.273 e. The van der Waals surface area contributed by atoms with Crippen LogP contribution >= 0.6 is 34.8 Å². The summed E-state index contributed by atoms with van der Waals surface area (Å²) in [6.45, 7) is 0. The first-order valence-corrected chi connectivity index (χ1v) is 6.72. The Morgan fingerprint density at radius 1 is 0.952 bits per heavy atom. The van der Waals surface area contributed by atoms with Gasteiger partial charge in [0.05, 0.1) is 31.4 Å². The van der Waals surface area contributed by atoms with Gasteiger partial charge in [0.25, 0.3) is 5.69 Å². The molecule has 21 heavy (non-hydrogen) atoms. The number of nitrogen functional groups attached to an aromatic ring is 1. The van der Waals surface area contributed by atoms with Crippen LogP contribution in [0.1, 0.15) is 0 Å². The van der Waals surface area contributed by atoms with Crippen molar-refractivity contribution in [3.05, 3.63) is 55.5 Å². The van der Waals surface area contributed by atoms with E-state index in [4.69, 9.17) is 40.6 Å². The Morgan fingerprint density at radius 3 is 2.19 bits per heavy atom. The quantitative estimate of drug-likeness (QED) is 0.326. The molecular formula is C12H9Cl3N4O2. The molecule has 0 atom stereocenters. The molecule has 4 N–H and O–H groups in total. The number of rotatable bonds is 4. The monoisotopic (exact) mass is 346 g/mol. The van der Waals surface area contributed by atoms with Gasteiger partial charge in [0, 0.05) is 17.8 Å². The maximum Gasteiger partial charge on any atom is 0.273 e. The van der Waals surface area contributed by atoms with Crippen molar-refractivity contribution in [3.63, 3.8) is 0 Å². The lowest BCUT2D eigenvalue weighted by atomic mass is 10.2. The minimum atomic E-state index is -0.525. The van der Waals surface area contributed by atoms with Crippen molar-refractivity contribution in [2.45, 2.75) is 0 Å². The lowest BCUT2D eigenvalue weighted by molar-refractivity contribution is -0.384. The fraction of sp³-hybridized carbons (Fsp3) is 0. The van der Waals surface area contributed by atoms with E-state index in [1.54, 1.807) is 6.07 Å². The van der Waals surface area contributed by atoms with Gasteiger partial charge >= 0.3 is 0 Å². The Hall–Kier alpha value is -1.73. The zero-order valence-electron chi connectivity index (χ0n) is 10.4. The largest absolute Gasteiger partial charge is 0.354 e. The summed E-state index contributed by atoms with van der Waals surface area (Å²) in [6, 6.07) is 7.25. The highest BCUT2D eigenvalue weighted by Crippen LogP contribution is 2.35. The van der Waals surface area contributed by atoms with E-state index in [9.17, 15) is 10.1 Å². The third kappa shape index (κ3) is 3.68. The fourth-order valence-corrected chi connectivity index (χ4v) is 2.24. The summed E-state index contributed by atoms with van der Waals surface area (Å²) in [4.78, 5) is 10.4. The van der Waals surface area contributed by atoms with E-state index in [-0.39, 0.29) is 5.69 Å². The van der Waals surface area contributed by atoms with Crippen molar-refractivity contribution in [1.29, 1.82) is 0 Å². The van der Waals surface area contributed by atoms with Crippen LogP contribution in [0.15, 0.2) is 30.3 Å². The molecule has 0 aliphatic rings. The third-order valence-corrected chi connectivity index (χ3v) is 3.62. The average molecular weight is 348 g/mol. The Bertz CT molecular complexity index is 709. The Kier molecular flexibility index (Phi) is 4.74. The van der Waals surface area contributed by atoms with Crippen molar-refractivity contribution in [2.24, 2.45) is 5.84 Å². The highest BCUT2D eigenvalue weighted by Gasteiger charge is 2.11. The van der Waals surface area contributed by atoms with Gasteiger partial charge < -0.3 is 10.7 Å². The summed E-state index contributed by atoms with van der Waals surface area (Å²) >= 11 is 17.8. The maximum absolute atomic E-state index is 10.9. The van der Waals surface area contributed by atoms with E-state index in [1.807, 2.05) is 0 Å². The van der Waals surface area contributed by atoms with Crippen LogP contribution in [-0.2, 0) is 0 Å². The normalized spacial score (nSPS) is 10.3. The second kappa shape index (κ2) is 6.36. The average Bonchev–Trinajstić information content (AvgIpc) is 2.44. The van der Waals surface area contributed by atoms with Gasteiger partial charge in [0.2, 0.25) is 0 Å². The van der Waals surface area contributed by atoms with Crippen LogP contribution in [0, 0.1) is 10.1 Å². The molecule has 2 rings (SSSR count). The van der Waals surface area contributed by atoms with Crippen LogP contribution in [0.3, 0.4) is 0 Å². The molecule has 0 fully saturated rings. The number of nitro benzene ring substituents is 1. The summed E-state index contributed by atoms with van der Waals surface area (Å²) in [5.74, 6) is 5.29. The zero-order valence-corrected chi connectivity index (χ0v) is 12.6. The second-order valence-corrected chi connectivity index (χ2v) is 5.26. The highest BCUT2D eigenvalue weighted by molar-refractivity contribution is 6.44. The van der Waals surface area contributed by atoms with Gasteiger partial charge in [-0.2, -0.15) is 0 Å². The topological polar surface area (TPSA) is 93.2 Å². The van der Waals surface area contributed by atoms with Crippen molar-refractivity contribution in [3.8, 4) is 0 Å². The van der Waals surface area contributed by atoms with Gasteiger partial charge in [-0.05, 0) is 18.2 Å². The van der Waals surface area contributed by atoms with Crippen LogP contribution in [0.2, 0.25) is 15.1 Å². The molecule has 0 heterocycles. The third-order valence-electron chi connectivity index (χ3n) is 2.58. The highest BCUT2D eigenvalue weighted by atomic mass is 35.5. The molecule has 0 unspecified atom stereocenters. The first-order chi connectivity index (χ1) is 9.90.